The molecule has 0 fully saturated rings. The van der Waals surface area contributed by atoms with Crippen LogP contribution in [0.3, 0.4) is 0 Å². The molecule has 2 aromatic carbocycles. The summed E-state index contributed by atoms with van der Waals surface area (Å²) in [5.74, 6) is -3.72. The number of aromatic nitrogens is 2. The highest BCUT2D eigenvalue weighted by molar-refractivity contribution is 5.89. The summed E-state index contributed by atoms with van der Waals surface area (Å²) in [4.78, 5) is 19.8. The predicted octanol–water partition coefficient (Wildman–Crippen LogP) is 4.48. The minimum atomic E-state index is -1.57. The van der Waals surface area contributed by atoms with Crippen molar-refractivity contribution in [2.75, 3.05) is 17.7 Å². The number of hydrogen-bond acceptors (Lipinski definition) is 6. The fourth-order valence-electron chi connectivity index (χ4n) is 2.41. The fourth-order valence-corrected chi connectivity index (χ4v) is 2.41. The maximum Gasteiger partial charge on any atom is 0.337 e. The maximum absolute atomic E-state index is 13.9. The third-order valence-electron chi connectivity index (χ3n) is 3.71. The highest BCUT2D eigenvalue weighted by atomic mass is 19.2. The summed E-state index contributed by atoms with van der Waals surface area (Å²) < 4.78 is 44.9. The van der Waals surface area contributed by atoms with Crippen LogP contribution in [0, 0.1) is 24.4 Å². The first kappa shape index (κ1) is 19.2. The van der Waals surface area contributed by atoms with Crippen molar-refractivity contribution in [1.29, 1.82) is 0 Å². The molecule has 0 aliphatic rings. The lowest BCUT2D eigenvalue weighted by molar-refractivity contribution is 0.0601. The van der Waals surface area contributed by atoms with E-state index in [1.165, 1.54) is 13.2 Å². The van der Waals surface area contributed by atoms with Gasteiger partial charge in [-0.1, -0.05) is 0 Å². The van der Waals surface area contributed by atoms with Gasteiger partial charge in [0, 0.05) is 11.8 Å². The predicted molar refractivity (Wildman–Crippen MR) is 97.4 cm³/mol. The standard InChI is InChI=1S/C19H15F3N4O2/c1-10-23-15(25-12-5-3-11(4-6-12)19(27)28-2)9-16(24-10)26-14-8-7-13(20)17(21)18(14)22/h3-9H,1-2H3,(H2,23,24,25,26). The zero-order valence-electron chi connectivity index (χ0n) is 14.9. The molecule has 0 aliphatic heterocycles. The SMILES string of the molecule is COC(=O)c1ccc(Nc2cc(Nc3ccc(F)c(F)c3F)nc(C)n2)cc1. The van der Waals surface area contributed by atoms with Gasteiger partial charge in [-0.25, -0.2) is 27.9 Å². The number of hydrogen-bond donors (Lipinski definition) is 2. The van der Waals surface area contributed by atoms with Gasteiger partial charge < -0.3 is 15.4 Å². The average Bonchev–Trinajstić information content (AvgIpc) is 2.68. The minimum Gasteiger partial charge on any atom is -0.465 e. The van der Waals surface area contributed by atoms with Crippen molar-refractivity contribution in [2.45, 2.75) is 6.92 Å². The van der Waals surface area contributed by atoms with Crippen molar-refractivity contribution >= 4 is 29.0 Å². The number of nitrogens with zero attached hydrogens (tertiary/aromatic N) is 2. The van der Waals surface area contributed by atoms with E-state index in [0.717, 1.165) is 12.1 Å². The molecule has 0 atom stereocenters. The Bertz CT molecular complexity index is 1030. The molecule has 0 unspecified atom stereocenters. The number of ether oxygens (including phenoxy) is 1. The van der Waals surface area contributed by atoms with Crippen LogP contribution in [0.5, 0.6) is 0 Å². The summed E-state index contributed by atoms with van der Waals surface area (Å²) in [6.07, 6.45) is 0. The van der Waals surface area contributed by atoms with E-state index >= 15 is 0 Å². The fraction of sp³-hybridized carbons (Fsp3) is 0.105. The van der Waals surface area contributed by atoms with Crippen LogP contribution in [0.25, 0.3) is 0 Å². The van der Waals surface area contributed by atoms with Crippen LogP contribution in [-0.4, -0.2) is 23.0 Å². The van der Waals surface area contributed by atoms with Crippen molar-refractivity contribution in [3.63, 3.8) is 0 Å². The van der Waals surface area contributed by atoms with Crippen LogP contribution in [0.1, 0.15) is 16.2 Å². The molecule has 6 nitrogen and oxygen atoms in total. The molecule has 3 aromatic rings. The minimum absolute atomic E-state index is 0.186. The molecule has 144 valence electrons. The molecule has 0 radical (unpaired) electrons. The van der Waals surface area contributed by atoms with Gasteiger partial charge in [0.1, 0.15) is 17.5 Å². The van der Waals surface area contributed by atoms with E-state index < -0.39 is 23.4 Å². The van der Waals surface area contributed by atoms with Gasteiger partial charge in [-0.2, -0.15) is 0 Å². The van der Waals surface area contributed by atoms with Crippen LogP contribution in [0.2, 0.25) is 0 Å². The number of methoxy groups -OCH3 is 1. The van der Waals surface area contributed by atoms with Crippen molar-refractivity contribution in [1.82, 2.24) is 9.97 Å². The Morgan fingerprint density at radius 3 is 2.21 bits per heavy atom. The molecule has 2 N–H and O–H groups in total. The van der Waals surface area contributed by atoms with Crippen molar-refractivity contribution in [2.24, 2.45) is 0 Å². The van der Waals surface area contributed by atoms with Gasteiger partial charge in [0.15, 0.2) is 17.5 Å². The number of carbonyl (C=O) groups is 1. The molecule has 0 aliphatic carbocycles. The highest BCUT2D eigenvalue weighted by Crippen LogP contribution is 2.25. The van der Waals surface area contributed by atoms with Gasteiger partial charge in [-0.15, -0.1) is 0 Å². The first-order valence-electron chi connectivity index (χ1n) is 8.09. The molecular formula is C19H15F3N4O2. The van der Waals surface area contributed by atoms with Crippen LogP contribution in [0.15, 0.2) is 42.5 Å². The van der Waals surface area contributed by atoms with E-state index in [-0.39, 0.29) is 11.5 Å². The summed E-state index contributed by atoms with van der Waals surface area (Å²) >= 11 is 0. The zero-order valence-corrected chi connectivity index (χ0v) is 14.9. The molecule has 0 saturated carbocycles. The Hall–Kier alpha value is -3.62. The first-order valence-corrected chi connectivity index (χ1v) is 8.09. The lowest BCUT2D eigenvalue weighted by Gasteiger charge is -2.11. The third-order valence-corrected chi connectivity index (χ3v) is 3.71. The number of halogens is 3. The lowest BCUT2D eigenvalue weighted by Crippen LogP contribution is -2.04. The Morgan fingerprint density at radius 2 is 1.57 bits per heavy atom. The van der Waals surface area contributed by atoms with Crippen molar-refractivity contribution in [3.05, 3.63) is 71.3 Å². The van der Waals surface area contributed by atoms with E-state index in [0.29, 0.717) is 22.9 Å². The summed E-state index contributed by atoms with van der Waals surface area (Å²) in [6, 6.07) is 9.84. The number of rotatable bonds is 5. The van der Waals surface area contributed by atoms with Crippen LogP contribution in [-0.2, 0) is 4.74 Å². The molecule has 0 amide bonds. The first-order chi connectivity index (χ1) is 13.4. The van der Waals surface area contributed by atoms with Crippen LogP contribution < -0.4 is 10.6 Å². The Kier molecular flexibility index (Phi) is 5.44. The monoisotopic (exact) mass is 388 g/mol. The van der Waals surface area contributed by atoms with E-state index in [1.54, 1.807) is 31.2 Å². The molecule has 1 heterocycles. The van der Waals surface area contributed by atoms with E-state index in [1.807, 2.05) is 0 Å². The summed E-state index contributed by atoms with van der Waals surface area (Å²) in [5.41, 5.74) is 0.768. The topological polar surface area (TPSA) is 76.1 Å². The summed E-state index contributed by atoms with van der Waals surface area (Å²) in [6.45, 7) is 1.62. The van der Waals surface area contributed by atoms with E-state index in [9.17, 15) is 18.0 Å². The molecule has 0 spiro atoms. The Balaban J connectivity index is 1.82. The van der Waals surface area contributed by atoms with Gasteiger partial charge in [-0.05, 0) is 43.3 Å². The number of anilines is 4. The summed E-state index contributed by atoms with van der Waals surface area (Å²) in [7, 11) is 1.29. The molecule has 9 heteroatoms. The van der Waals surface area contributed by atoms with E-state index in [4.69, 9.17) is 0 Å². The molecular weight excluding hydrogens is 373 g/mol. The lowest BCUT2D eigenvalue weighted by atomic mass is 10.2. The molecule has 0 bridgehead atoms. The highest BCUT2D eigenvalue weighted by Gasteiger charge is 2.14. The van der Waals surface area contributed by atoms with E-state index in [2.05, 4.69) is 25.3 Å². The number of esters is 1. The molecule has 0 saturated heterocycles. The molecule has 3 rings (SSSR count). The van der Waals surface area contributed by atoms with Gasteiger partial charge in [0.05, 0.1) is 18.4 Å². The number of benzene rings is 2. The van der Waals surface area contributed by atoms with Gasteiger partial charge in [0.25, 0.3) is 0 Å². The van der Waals surface area contributed by atoms with Gasteiger partial charge in [-0.3, -0.25) is 0 Å². The third kappa shape index (κ3) is 4.20. The maximum atomic E-state index is 13.9. The van der Waals surface area contributed by atoms with Gasteiger partial charge in [0.2, 0.25) is 0 Å². The van der Waals surface area contributed by atoms with Gasteiger partial charge >= 0.3 is 5.97 Å². The second-order valence-electron chi connectivity index (χ2n) is 5.73. The Morgan fingerprint density at radius 1 is 0.929 bits per heavy atom. The number of nitrogens with one attached hydrogen (secondary N) is 2. The molecule has 28 heavy (non-hydrogen) atoms. The smallest absolute Gasteiger partial charge is 0.337 e. The average molecular weight is 388 g/mol. The zero-order chi connectivity index (χ0) is 20.3. The summed E-state index contributed by atoms with van der Waals surface area (Å²) in [5, 5.41) is 5.62. The number of carbonyl (C=O) groups excluding carboxylic acids is 1. The molecule has 1 aromatic heterocycles. The second kappa shape index (κ2) is 7.95. The van der Waals surface area contributed by atoms with Crippen molar-refractivity contribution < 1.29 is 22.7 Å². The van der Waals surface area contributed by atoms with Crippen molar-refractivity contribution in [3.8, 4) is 0 Å². The Labute approximate surface area is 158 Å². The van der Waals surface area contributed by atoms with Crippen LogP contribution in [0.4, 0.5) is 36.2 Å². The second-order valence-corrected chi connectivity index (χ2v) is 5.73. The van der Waals surface area contributed by atoms with Crippen LogP contribution >= 0.6 is 0 Å². The quantitative estimate of drug-likeness (QED) is 0.496. The largest absolute Gasteiger partial charge is 0.465 e. The number of aryl methyl sites for hydroxylation is 1. The normalized spacial score (nSPS) is 10.5.